The van der Waals surface area contributed by atoms with Gasteiger partial charge < -0.3 is 9.64 Å². The highest BCUT2D eigenvalue weighted by Gasteiger charge is 2.48. The van der Waals surface area contributed by atoms with Gasteiger partial charge in [-0.25, -0.2) is 9.78 Å². The summed E-state index contributed by atoms with van der Waals surface area (Å²) in [6.45, 7) is 4.72. The Morgan fingerprint density at radius 2 is 2.23 bits per heavy atom. The molecule has 1 spiro atoms. The van der Waals surface area contributed by atoms with Crippen molar-refractivity contribution in [1.82, 2.24) is 9.88 Å². The van der Waals surface area contributed by atoms with E-state index in [4.69, 9.17) is 16.3 Å². The Labute approximate surface area is 195 Å². The lowest BCUT2D eigenvalue weighted by molar-refractivity contribution is -0.142. The Morgan fingerprint density at radius 3 is 2.97 bits per heavy atom. The van der Waals surface area contributed by atoms with Gasteiger partial charge in [-0.3, -0.25) is 15.0 Å². The summed E-state index contributed by atoms with van der Waals surface area (Å²) in [6.07, 6.45) is 3.07. The monoisotopic (exact) mass is 480 g/mol. The summed E-state index contributed by atoms with van der Waals surface area (Å²) in [5.74, 6) is 0.414. The van der Waals surface area contributed by atoms with E-state index in [1.165, 1.54) is 23.1 Å². The van der Waals surface area contributed by atoms with E-state index in [0.29, 0.717) is 35.5 Å². The number of aromatic nitrogens is 1. The number of amides is 2. The largest absolute Gasteiger partial charge is 0.466 e. The molecule has 2 amide bonds. The zero-order valence-corrected chi connectivity index (χ0v) is 19.9. The maximum Gasteiger partial charge on any atom is 0.328 e. The molecule has 0 saturated carbocycles. The number of likely N-dealkylation sites (tertiary alicyclic amines) is 1. The number of hydrogen-bond acceptors (Lipinski definition) is 7. The average molecular weight is 481 g/mol. The summed E-state index contributed by atoms with van der Waals surface area (Å²) in [5, 5.41) is 4.18. The number of ether oxygens (including phenoxy) is 1. The zero-order chi connectivity index (χ0) is 22.0. The number of benzene rings is 1. The summed E-state index contributed by atoms with van der Waals surface area (Å²) < 4.78 is 5.89. The summed E-state index contributed by atoms with van der Waals surface area (Å²) >= 11 is 9.22. The van der Waals surface area contributed by atoms with Crippen molar-refractivity contribution >= 4 is 57.5 Å². The molecule has 3 heterocycles. The van der Waals surface area contributed by atoms with Crippen LogP contribution in [0, 0.1) is 0 Å². The first-order valence-corrected chi connectivity index (χ1v) is 12.4. The van der Waals surface area contributed by atoms with Crippen LogP contribution in [0.1, 0.15) is 25.3 Å². The molecular weight excluding hydrogens is 456 g/mol. The first-order chi connectivity index (χ1) is 14.9. The van der Waals surface area contributed by atoms with Gasteiger partial charge in [0.2, 0.25) is 0 Å². The number of likely N-dealkylation sites (N-methyl/N-ethyl adjacent to an activating group) is 1. The van der Waals surface area contributed by atoms with Gasteiger partial charge in [0.05, 0.1) is 23.4 Å². The first kappa shape index (κ1) is 22.4. The van der Waals surface area contributed by atoms with Crippen LogP contribution in [0.15, 0.2) is 28.6 Å². The van der Waals surface area contributed by atoms with Crippen molar-refractivity contribution in [3.05, 3.63) is 35.0 Å². The minimum atomic E-state index is -0.202. The van der Waals surface area contributed by atoms with Crippen LogP contribution in [0.25, 0.3) is 0 Å². The molecule has 7 nitrogen and oxygen atoms in total. The van der Waals surface area contributed by atoms with E-state index in [-0.39, 0.29) is 17.4 Å². The van der Waals surface area contributed by atoms with Gasteiger partial charge in [0.25, 0.3) is 0 Å². The number of esters is 1. The predicted molar refractivity (Wildman–Crippen MR) is 126 cm³/mol. The fourth-order valence-electron chi connectivity index (χ4n) is 4.26. The lowest BCUT2D eigenvalue weighted by atomic mass is 9.81. The number of anilines is 2. The Kier molecular flexibility index (Phi) is 6.76. The quantitative estimate of drug-likeness (QED) is 0.485. The third kappa shape index (κ3) is 4.84. The fraction of sp³-hybridized carbons (Fsp3) is 0.476. The molecule has 1 unspecified atom stereocenters. The van der Waals surface area contributed by atoms with E-state index in [0.717, 1.165) is 35.0 Å². The minimum absolute atomic E-state index is 0.0800. The molecule has 10 heteroatoms. The van der Waals surface area contributed by atoms with Crippen LogP contribution in [0.2, 0.25) is 5.02 Å². The second-order valence-electron chi connectivity index (χ2n) is 7.83. The topological polar surface area (TPSA) is 74.8 Å². The number of rotatable bonds is 6. The van der Waals surface area contributed by atoms with Gasteiger partial charge in [-0.1, -0.05) is 22.9 Å². The standard InChI is InChI=1S/C21H25ClN4O3S2/c1-3-29-17(27)6-9-30-18-11-23-19(31-18)24-20(28)26-13-21(7-8-25(2)12-21)15-10-14(22)4-5-16(15)26/h4-5,10-11H,3,6-9,12-13H2,1-2H3,(H,23,24,28). The lowest BCUT2D eigenvalue weighted by Gasteiger charge is -2.25. The Hall–Kier alpha value is -1.81. The van der Waals surface area contributed by atoms with E-state index in [1.807, 2.05) is 18.2 Å². The third-order valence-electron chi connectivity index (χ3n) is 5.63. The van der Waals surface area contributed by atoms with E-state index >= 15 is 0 Å². The summed E-state index contributed by atoms with van der Waals surface area (Å²) in [4.78, 5) is 33.0. The number of nitrogens with one attached hydrogen (secondary N) is 1. The Bertz CT molecular complexity index is 985. The SMILES string of the molecule is CCOC(=O)CCSc1cnc(NC(=O)N2CC3(CCN(C)C3)c3cc(Cl)ccc32)s1. The fourth-order valence-corrected chi connectivity index (χ4v) is 6.29. The maximum absolute atomic E-state index is 13.1. The molecule has 1 saturated heterocycles. The molecule has 166 valence electrons. The van der Waals surface area contributed by atoms with Gasteiger partial charge in [0.1, 0.15) is 0 Å². The molecule has 1 fully saturated rings. The molecule has 31 heavy (non-hydrogen) atoms. The van der Waals surface area contributed by atoms with Crippen molar-refractivity contribution in [2.75, 3.05) is 49.3 Å². The van der Waals surface area contributed by atoms with E-state index in [1.54, 1.807) is 18.0 Å². The van der Waals surface area contributed by atoms with Crippen LogP contribution in [0.4, 0.5) is 15.6 Å². The number of halogens is 1. The second kappa shape index (κ2) is 9.36. The van der Waals surface area contributed by atoms with Crippen molar-refractivity contribution in [3.63, 3.8) is 0 Å². The van der Waals surface area contributed by atoms with E-state index < -0.39 is 0 Å². The number of thiazole rings is 1. The Morgan fingerprint density at radius 1 is 1.39 bits per heavy atom. The van der Waals surface area contributed by atoms with Gasteiger partial charge in [-0.15, -0.1) is 11.8 Å². The highest BCUT2D eigenvalue weighted by Crippen LogP contribution is 2.47. The van der Waals surface area contributed by atoms with Gasteiger partial charge in [0, 0.05) is 35.0 Å². The molecule has 4 rings (SSSR count). The number of nitrogens with zero attached hydrogens (tertiary/aromatic N) is 3. The number of carbonyl (C=O) groups is 2. The van der Waals surface area contributed by atoms with E-state index in [9.17, 15) is 9.59 Å². The van der Waals surface area contributed by atoms with Gasteiger partial charge >= 0.3 is 12.0 Å². The van der Waals surface area contributed by atoms with Crippen LogP contribution < -0.4 is 10.2 Å². The second-order valence-corrected chi connectivity index (χ2v) is 10.7. The van der Waals surface area contributed by atoms with Gasteiger partial charge in [-0.05, 0) is 50.7 Å². The van der Waals surface area contributed by atoms with Gasteiger partial charge in [-0.2, -0.15) is 0 Å². The van der Waals surface area contributed by atoms with Crippen molar-refractivity contribution in [2.45, 2.75) is 29.4 Å². The Balaban J connectivity index is 1.42. The van der Waals surface area contributed by atoms with Crippen molar-refractivity contribution in [2.24, 2.45) is 0 Å². The van der Waals surface area contributed by atoms with Crippen LogP contribution in [0.3, 0.4) is 0 Å². The van der Waals surface area contributed by atoms with Crippen LogP contribution in [0.5, 0.6) is 0 Å². The average Bonchev–Trinajstić information content (AvgIpc) is 3.41. The normalized spacial score (nSPS) is 20.3. The number of urea groups is 1. The molecule has 2 aliphatic heterocycles. The molecule has 1 atom stereocenters. The molecule has 2 aliphatic rings. The van der Waals surface area contributed by atoms with Crippen molar-refractivity contribution in [1.29, 1.82) is 0 Å². The molecule has 1 N–H and O–H groups in total. The maximum atomic E-state index is 13.1. The smallest absolute Gasteiger partial charge is 0.328 e. The molecular formula is C21H25ClN4O3S2. The zero-order valence-electron chi connectivity index (χ0n) is 17.5. The molecule has 1 aromatic carbocycles. The summed E-state index contributed by atoms with van der Waals surface area (Å²) in [5.41, 5.74) is 1.98. The highest BCUT2D eigenvalue weighted by atomic mass is 35.5. The van der Waals surface area contributed by atoms with Crippen LogP contribution >= 0.6 is 34.7 Å². The predicted octanol–water partition coefficient (Wildman–Crippen LogP) is 4.47. The number of thioether (sulfide) groups is 1. The van der Waals surface area contributed by atoms with Crippen LogP contribution in [-0.2, 0) is 14.9 Å². The first-order valence-electron chi connectivity index (χ1n) is 10.2. The van der Waals surface area contributed by atoms with E-state index in [2.05, 4.69) is 22.2 Å². The minimum Gasteiger partial charge on any atom is -0.466 e. The summed E-state index contributed by atoms with van der Waals surface area (Å²) in [6, 6.07) is 5.58. The molecule has 1 aromatic heterocycles. The molecule has 0 bridgehead atoms. The number of hydrogen-bond donors (Lipinski definition) is 1. The van der Waals surface area contributed by atoms with Crippen LogP contribution in [-0.4, -0.2) is 60.9 Å². The third-order valence-corrected chi connectivity index (χ3v) is 7.97. The van der Waals surface area contributed by atoms with Crippen molar-refractivity contribution < 1.29 is 14.3 Å². The van der Waals surface area contributed by atoms with Crippen molar-refractivity contribution in [3.8, 4) is 0 Å². The molecule has 0 radical (unpaired) electrons. The number of fused-ring (bicyclic) bond motifs is 2. The lowest BCUT2D eigenvalue weighted by Crippen LogP contribution is -2.40. The summed E-state index contributed by atoms with van der Waals surface area (Å²) in [7, 11) is 2.11. The van der Waals surface area contributed by atoms with Gasteiger partial charge in [0.15, 0.2) is 5.13 Å². The highest BCUT2D eigenvalue weighted by molar-refractivity contribution is 8.01. The molecule has 0 aliphatic carbocycles. The number of carbonyl (C=O) groups excluding carboxylic acids is 2. The molecule has 2 aromatic rings.